The zero-order valence-electron chi connectivity index (χ0n) is 16.7. The number of hydrogen-bond acceptors (Lipinski definition) is 4. The fourth-order valence-corrected chi connectivity index (χ4v) is 3.34. The minimum atomic E-state index is 0.156. The molecule has 1 N–H and O–H groups in total. The Labute approximate surface area is 163 Å². The highest BCUT2D eigenvalue weighted by Crippen LogP contribution is 2.14. The summed E-state index contributed by atoms with van der Waals surface area (Å²) in [5, 5.41) is 2.04. The Morgan fingerprint density at radius 2 is 1.63 bits per heavy atom. The number of carbonyl (C=O) groups is 2. The van der Waals surface area contributed by atoms with Crippen LogP contribution < -0.4 is 10.2 Å². The van der Waals surface area contributed by atoms with Gasteiger partial charge in [-0.05, 0) is 37.5 Å². The van der Waals surface area contributed by atoms with Gasteiger partial charge >= 0.3 is 0 Å². The van der Waals surface area contributed by atoms with Crippen molar-refractivity contribution < 1.29 is 14.3 Å². The number of unbranched alkanes of at least 4 members (excludes halogenated alkanes) is 7. The predicted molar refractivity (Wildman–Crippen MR) is 108 cm³/mol. The molecule has 1 aromatic carbocycles. The molecule has 1 fully saturated rings. The Morgan fingerprint density at radius 1 is 1.00 bits per heavy atom. The first-order valence-corrected chi connectivity index (χ1v) is 10.4. The van der Waals surface area contributed by atoms with Crippen molar-refractivity contribution in [3.63, 3.8) is 0 Å². The maximum Gasteiger partial charge on any atom is 0.235 e. The van der Waals surface area contributed by atoms with Gasteiger partial charge in [0.2, 0.25) is 5.91 Å². The summed E-state index contributed by atoms with van der Waals surface area (Å²) in [6.45, 7) is 4.22. The molecule has 1 aliphatic heterocycles. The van der Waals surface area contributed by atoms with Gasteiger partial charge in [0.1, 0.15) is 11.5 Å². The first kappa shape index (κ1) is 21.4. The summed E-state index contributed by atoms with van der Waals surface area (Å²) in [4.78, 5) is 22.2. The molecule has 0 bridgehead atoms. The van der Waals surface area contributed by atoms with Gasteiger partial charge < -0.3 is 4.74 Å². The molecular weight excluding hydrogens is 340 g/mol. The summed E-state index contributed by atoms with van der Waals surface area (Å²) >= 11 is 0. The minimum absolute atomic E-state index is 0.156. The number of carbonyl (C=O) groups excluding carboxylic acids is 2. The number of amides is 1. The number of ketones is 1. The molecule has 2 rings (SSSR count). The first-order valence-electron chi connectivity index (χ1n) is 10.4. The number of hydrazine groups is 1. The maximum atomic E-state index is 11.1. The normalized spacial score (nSPS) is 14.3. The molecule has 150 valence electrons. The van der Waals surface area contributed by atoms with E-state index >= 15 is 0 Å². The fraction of sp³-hybridized carbons (Fsp3) is 0.636. The molecule has 5 heteroatoms. The van der Waals surface area contributed by atoms with Crippen LogP contribution in [0.2, 0.25) is 0 Å². The van der Waals surface area contributed by atoms with E-state index in [-0.39, 0.29) is 11.7 Å². The van der Waals surface area contributed by atoms with Gasteiger partial charge in [-0.1, -0.05) is 50.7 Å². The zero-order chi connectivity index (χ0) is 19.3. The summed E-state index contributed by atoms with van der Waals surface area (Å²) in [6, 6.07) is 7.83. The molecule has 5 nitrogen and oxygen atoms in total. The van der Waals surface area contributed by atoms with Crippen molar-refractivity contribution in [1.29, 1.82) is 0 Å². The van der Waals surface area contributed by atoms with E-state index in [1.165, 1.54) is 44.9 Å². The molecule has 1 amide bonds. The second-order valence-electron chi connectivity index (χ2n) is 7.47. The summed E-state index contributed by atoms with van der Waals surface area (Å²) in [5.74, 6) is 1.23. The lowest BCUT2D eigenvalue weighted by Gasteiger charge is -2.13. The number of benzene rings is 1. The Hall–Kier alpha value is -1.88. The third-order valence-corrected chi connectivity index (χ3v) is 4.86. The largest absolute Gasteiger partial charge is 0.494 e. The van der Waals surface area contributed by atoms with E-state index in [2.05, 4.69) is 5.43 Å². The van der Waals surface area contributed by atoms with Crippen LogP contribution in [-0.2, 0) is 16.0 Å². The lowest BCUT2D eigenvalue weighted by atomic mass is 10.1. The highest BCUT2D eigenvalue weighted by Gasteiger charge is 2.16. The zero-order valence-corrected chi connectivity index (χ0v) is 16.7. The first-order chi connectivity index (χ1) is 13.1. The third-order valence-electron chi connectivity index (χ3n) is 4.86. The van der Waals surface area contributed by atoms with E-state index in [1.807, 2.05) is 29.3 Å². The summed E-state index contributed by atoms with van der Waals surface area (Å²) in [6.07, 6.45) is 11.0. The smallest absolute Gasteiger partial charge is 0.235 e. The van der Waals surface area contributed by atoms with E-state index in [4.69, 9.17) is 4.74 Å². The van der Waals surface area contributed by atoms with Crippen LogP contribution in [-0.4, -0.2) is 36.4 Å². The molecule has 0 radical (unpaired) electrons. The summed E-state index contributed by atoms with van der Waals surface area (Å²) < 4.78 is 5.76. The number of rotatable bonds is 14. The SMILES string of the molecule is CC(=O)Cc1ccc(OCCCCCCCCCCN2CCC(=O)N2)cc1. The minimum Gasteiger partial charge on any atom is -0.494 e. The van der Waals surface area contributed by atoms with Crippen molar-refractivity contribution in [3.05, 3.63) is 29.8 Å². The van der Waals surface area contributed by atoms with Crippen molar-refractivity contribution in [3.8, 4) is 5.75 Å². The second kappa shape index (κ2) is 12.5. The molecule has 1 saturated heterocycles. The Bertz CT molecular complexity index is 571. The van der Waals surface area contributed by atoms with E-state index in [0.717, 1.165) is 37.4 Å². The molecule has 1 aliphatic rings. The molecule has 0 aromatic heterocycles. The second-order valence-corrected chi connectivity index (χ2v) is 7.47. The van der Waals surface area contributed by atoms with E-state index in [0.29, 0.717) is 12.8 Å². The van der Waals surface area contributed by atoms with Crippen molar-refractivity contribution >= 4 is 11.7 Å². The molecule has 27 heavy (non-hydrogen) atoms. The van der Waals surface area contributed by atoms with Gasteiger partial charge in [-0.3, -0.25) is 15.0 Å². The maximum absolute atomic E-state index is 11.1. The summed E-state index contributed by atoms with van der Waals surface area (Å²) in [5.41, 5.74) is 3.92. The van der Waals surface area contributed by atoms with Crippen LogP contribution in [0.3, 0.4) is 0 Å². The van der Waals surface area contributed by atoms with Gasteiger partial charge in [-0.2, -0.15) is 0 Å². The Balaban J connectivity index is 1.37. The van der Waals surface area contributed by atoms with Crippen LogP contribution in [0.25, 0.3) is 0 Å². The number of ether oxygens (including phenoxy) is 1. The molecule has 0 spiro atoms. The van der Waals surface area contributed by atoms with Crippen LogP contribution in [0.5, 0.6) is 5.75 Å². The third kappa shape index (κ3) is 9.57. The monoisotopic (exact) mass is 374 g/mol. The van der Waals surface area contributed by atoms with E-state index < -0.39 is 0 Å². The quantitative estimate of drug-likeness (QED) is 0.499. The topological polar surface area (TPSA) is 58.6 Å². The highest BCUT2D eigenvalue weighted by molar-refractivity contribution is 5.78. The molecular formula is C22H34N2O3. The van der Waals surface area contributed by atoms with E-state index in [1.54, 1.807) is 6.92 Å². The van der Waals surface area contributed by atoms with Gasteiger partial charge in [0.25, 0.3) is 0 Å². The van der Waals surface area contributed by atoms with Crippen LogP contribution in [0, 0.1) is 0 Å². The number of nitrogens with zero attached hydrogens (tertiary/aromatic N) is 1. The lowest BCUT2D eigenvalue weighted by molar-refractivity contribution is -0.121. The predicted octanol–water partition coefficient (Wildman–Crippen LogP) is 4.05. The number of nitrogens with one attached hydrogen (secondary N) is 1. The highest BCUT2D eigenvalue weighted by atomic mass is 16.5. The number of Topliss-reactive ketones (excluding diaryl/α,β-unsaturated/α-hetero) is 1. The van der Waals surface area contributed by atoms with E-state index in [9.17, 15) is 9.59 Å². The van der Waals surface area contributed by atoms with Crippen LogP contribution in [0.15, 0.2) is 24.3 Å². The lowest BCUT2D eigenvalue weighted by Crippen LogP contribution is -2.33. The average molecular weight is 375 g/mol. The van der Waals surface area contributed by atoms with Gasteiger partial charge in [0.05, 0.1) is 6.61 Å². The number of hydrogen-bond donors (Lipinski definition) is 1. The van der Waals surface area contributed by atoms with Crippen LogP contribution in [0.1, 0.15) is 70.3 Å². The van der Waals surface area contributed by atoms with Crippen LogP contribution in [0.4, 0.5) is 0 Å². The standard InChI is InChI=1S/C22H34N2O3/c1-19(25)18-20-10-12-21(13-11-20)27-17-9-7-5-3-2-4-6-8-15-24-16-14-22(26)23-24/h10-13H,2-9,14-18H2,1H3,(H,23,26). The molecule has 0 aliphatic carbocycles. The van der Waals surface area contributed by atoms with Gasteiger partial charge in [0, 0.05) is 25.9 Å². The average Bonchev–Trinajstić information content (AvgIpc) is 3.06. The molecule has 1 aromatic rings. The summed E-state index contributed by atoms with van der Waals surface area (Å²) in [7, 11) is 0. The molecule has 0 unspecified atom stereocenters. The van der Waals surface area contributed by atoms with Crippen LogP contribution >= 0.6 is 0 Å². The Kier molecular flexibility index (Phi) is 9.91. The van der Waals surface area contributed by atoms with Crippen molar-refractivity contribution in [2.45, 2.75) is 71.1 Å². The molecule has 0 saturated carbocycles. The van der Waals surface area contributed by atoms with Gasteiger partial charge in [-0.25, -0.2) is 5.01 Å². The van der Waals surface area contributed by atoms with Gasteiger partial charge in [0.15, 0.2) is 0 Å². The fourth-order valence-electron chi connectivity index (χ4n) is 3.34. The van der Waals surface area contributed by atoms with Crippen molar-refractivity contribution in [1.82, 2.24) is 10.4 Å². The van der Waals surface area contributed by atoms with Gasteiger partial charge in [-0.15, -0.1) is 0 Å². The molecule has 0 atom stereocenters. The molecule has 1 heterocycles. The Morgan fingerprint density at radius 3 is 2.22 bits per heavy atom. The van der Waals surface area contributed by atoms with Crippen molar-refractivity contribution in [2.75, 3.05) is 19.7 Å². The van der Waals surface area contributed by atoms with Crippen molar-refractivity contribution in [2.24, 2.45) is 0 Å².